The smallest absolute Gasteiger partial charge is 0.254 e. The van der Waals surface area contributed by atoms with E-state index in [1.54, 1.807) is 24.4 Å². The van der Waals surface area contributed by atoms with Gasteiger partial charge in [-0.05, 0) is 49.6 Å². The molecule has 1 fully saturated rings. The van der Waals surface area contributed by atoms with Gasteiger partial charge in [-0.25, -0.2) is 14.4 Å². The number of para-hydroxylation sites is 1. The van der Waals surface area contributed by atoms with Gasteiger partial charge >= 0.3 is 0 Å². The summed E-state index contributed by atoms with van der Waals surface area (Å²) in [7, 11) is 0. The number of halogens is 1. The summed E-state index contributed by atoms with van der Waals surface area (Å²) in [6.07, 6.45) is 3.55. The predicted molar refractivity (Wildman–Crippen MR) is 111 cm³/mol. The van der Waals surface area contributed by atoms with Gasteiger partial charge in [0.05, 0.1) is 11.4 Å². The molecule has 29 heavy (non-hydrogen) atoms. The summed E-state index contributed by atoms with van der Waals surface area (Å²) >= 11 is 0. The first-order valence-corrected chi connectivity index (χ1v) is 9.81. The molecule has 1 atom stereocenters. The van der Waals surface area contributed by atoms with Crippen LogP contribution in [0.3, 0.4) is 0 Å². The van der Waals surface area contributed by atoms with Crippen molar-refractivity contribution in [2.45, 2.75) is 25.7 Å². The van der Waals surface area contributed by atoms with Crippen molar-refractivity contribution in [1.29, 1.82) is 0 Å². The Balaban J connectivity index is 1.51. The van der Waals surface area contributed by atoms with E-state index in [0.29, 0.717) is 18.2 Å². The normalized spacial score (nSPS) is 16.5. The van der Waals surface area contributed by atoms with Gasteiger partial charge in [0.1, 0.15) is 5.82 Å². The minimum absolute atomic E-state index is 0.0616. The van der Waals surface area contributed by atoms with Crippen molar-refractivity contribution in [2.75, 3.05) is 18.4 Å². The molecule has 0 bridgehead atoms. The van der Waals surface area contributed by atoms with E-state index in [9.17, 15) is 9.18 Å². The fraction of sp³-hybridized carbons (Fsp3) is 0.261. The molecule has 2 aromatic carbocycles. The quantitative estimate of drug-likeness (QED) is 0.702. The van der Waals surface area contributed by atoms with E-state index < -0.39 is 0 Å². The third-order valence-corrected chi connectivity index (χ3v) is 5.30. The lowest BCUT2D eigenvalue weighted by molar-refractivity contribution is 0.0705. The highest BCUT2D eigenvalue weighted by molar-refractivity contribution is 5.95. The first-order valence-electron chi connectivity index (χ1n) is 9.81. The molecule has 1 aliphatic heterocycles. The summed E-state index contributed by atoms with van der Waals surface area (Å²) in [6, 6.07) is 16.0. The van der Waals surface area contributed by atoms with Crippen LogP contribution in [0.25, 0.3) is 0 Å². The lowest BCUT2D eigenvalue weighted by Gasteiger charge is -2.33. The summed E-state index contributed by atoms with van der Waals surface area (Å²) in [5, 5.41) is 2.94. The fourth-order valence-corrected chi connectivity index (χ4v) is 3.73. The molecule has 0 saturated carbocycles. The van der Waals surface area contributed by atoms with Gasteiger partial charge in [-0.3, -0.25) is 4.79 Å². The minimum atomic E-state index is -0.353. The standard InChI is InChI=1S/C23H23FN4O/c1-16-7-2-3-9-18(16)22(29)28-14-6-8-17(15-28)20-12-13-25-23(26-20)27-21-11-5-4-10-19(21)24/h2-5,7,9-13,17H,6,8,14-15H2,1H3,(H,25,26,27). The number of amides is 1. The number of carbonyl (C=O) groups excluding carboxylic acids is 1. The van der Waals surface area contributed by atoms with Crippen LogP contribution in [0.1, 0.15) is 40.4 Å². The van der Waals surface area contributed by atoms with Crippen molar-refractivity contribution in [3.8, 4) is 0 Å². The van der Waals surface area contributed by atoms with Crippen LogP contribution in [-0.2, 0) is 0 Å². The van der Waals surface area contributed by atoms with E-state index in [1.807, 2.05) is 42.2 Å². The Bertz CT molecular complexity index is 1020. The molecule has 4 rings (SSSR count). The summed E-state index contributed by atoms with van der Waals surface area (Å²) < 4.78 is 13.9. The Hall–Kier alpha value is -3.28. The Kier molecular flexibility index (Phi) is 5.51. The van der Waals surface area contributed by atoms with Crippen molar-refractivity contribution < 1.29 is 9.18 Å². The lowest BCUT2D eigenvalue weighted by atomic mass is 9.93. The van der Waals surface area contributed by atoms with Gasteiger partial charge in [0.25, 0.3) is 5.91 Å². The number of carbonyl (C=O) groups is 1. The second kappa shape index (κ2) is 8.39. The second-order valence-electron chi connectivity index (χ2n) is 7.32. The van der Waals surface area contributed by atoms with Crippen molar-refractivity contribution in [1.82, 2.24) is 14.9 Å². The number of anilines is 2. The minimum Gasteiger partial charge on any atom is -0.338 e. The number of likely N-dealkylation sites (tertiary alicyclic amines) is 1. The zero-order valence-corrected chi connectivity index (χ0v) is 16.3. The van der Waals surface area contributed by atoms with Crippen LogP contribution in [-0.4, -0.2) is 33.9 Å². The molecule has 1 amide bonds. The molecule has 0 radical (unpaired) electrons. The van der Waals surface area contributed by atoms with E-state index in [2.05, 4.69) is 15.3 Å². The molecule has 2 heterocycles. The van der Waals surface area contributed by atoms with E-state index in [0.717, 1.165) is 36.2 Å². The highest BCUT2D eigenvalue weighted by Gasteiger charge is 2.27. The monoisotopic (exact) mass is 390 g/mol. The number of nitrogens with one attached hydrogen (secondary N) is 1. The number of nitrogens with zero attached hydrogens (tertiary/aromatic N) is 3. The molecule has 3 aromatic rings. The zero-order chi connectivity index (χ0) is 20.2. The Morgan fingerprint density at radius 3 is 2.76 bits per heavy atom. The second-order valence-corrected chi connectivity index (χ2v) is 7.32. The molecule has 1 aromatic heterocycles. The molecule has 5 nitrogen and oxygen atoms in total. The lowest BCUT2D eigenvalue weighted by Crippen LogP contribution is -2.39. The van der Waals surface area contributed by atoms with Crippen molar-refractivity contribution in [3.05, 3.63) is 83.4 Å². The highest BCUT2D eigenvalue weighted by atomic mass is 19.1. The molecule has 0 spiro atoms. The molecule has 1 saturated heterocycles. The van der Waals surface area contributed by atoms with Crippen LogP contribution < -0.4 is 5.32 Å². The number of rotatable bonds is 4. The van der Waals surface area contributed by atoms with Gasteiger partial charge in [-0.15, -0.1) is 0 Å². The predicted octanol–water partition coefficient (Wildman–Crippen LogP) is 4.69. The number of hydrogen-bond acceptors (Lipinski definition) is 4. The number of piperidine rings is 1. The first-order chi connectivity index (χ1) is 14.1. The van der Waals surface area contributed by atoms with E-state index >= 15 is 0 Å². The van der Waals surface area contributed by atoms with Crippen LogP contribution in [0.5, 0.6) is 0 Å². The van der Waals surface area contributed by atoms with Crippen molar-refractivity contribution in [3.63, 3.8) is 0 Å². The number of aromatic nitrogens is 2. The Morgan fingerprint density at radius 1 is 1.14 bits per heavy atom. The van der Waals surface area contributed by atoms with E-state index in [1.165, 1.54) is 6.07 Å². The van der Waals surface area contributed by atoms with Gasteiger partial charge < -0.3 is 10.2 Å². The van der Waals surface area contributed by atoms with Gasteiger partial charge in [-0.2, -0.15) is 0 Å². The van der Waals surface area contributed by atoms with Crippen LogP contribution in [0.2, 0.25) is 0 Å². The number of aryl methyl sites for hydroxylation is 1. The highest BCUT2D eigenvalue weighted by Crippen LogP contribution is 2.28. The fourth-order valence-electron chi connectivity index (χ4n) is 3.73. The maximum absolute atomic E-state index is 13.9. The van der Waals surface area contributed by atoms with Crippen LogP contribution in [0.4, 0.5) is 16.0 Å². The number of hydrogen-bond donors (Lipinski definition) is 1. The van der Waals surface area contributed by atoms with Crippen LogP contribution in [0.15, 0.2) is 60.8 Å². The molecule has 148 valence electrons. The van der Waals surface area contributed by atoms with Crippen molar-refractivity contribution in [2.24, 2.45) is 0 Å². The molecule has 0 aliphatic carbocycles. The van der Waals surface area contributed by atoms with Gasteiger partial charge in [0.2, 0.25) is 5.95 Å². The summed E-state index contributed by atoms with van der Waals surface area (Å²) in [4.78, 5) is 23.7. The number of benzene rings is 2. The third-order valence-electron chi connectivity index (χ3n) is 5.30. The average molecular weight is 390 g/mol. The van der Waals surface area contributed by atoms with Crippen LogP contribution in [0, 0.1) is 12.7 Å². The SMILES string of the molecule is Cc1ccccc1C(=O)N1CCCC(c2ccnc(Nc3ccccc3F)n2)C1. The largest absolute Gasteiger partial charge is 0.338 e. The zero-order valence-electron chi connectivity index (χ0n) is 16.3. The summed E-state index contributed by atoms with van der Waals surface area (Å²) in [6.45, 7) is 3.32. The molecule has 1 N–H and O–H groups in total. The molecular formula is C23H23FN4O. The Morgan fingerprint density at radius 2 is 1.93 bits per heavy atom. The topological polar surface area (TPSA) is 58.1 Å². The van der Waals surface area contributed by atoms with Crippen LogP contribution >= 0.6 is 0 Å². The molecule has 6 heteroatoms. The summed E-state index contributed by atoms with van der Waals surface area (Å²) in [5.74, 6) is 0.191. The maximum atomic E-state index is 13.9. The van der Waals surface area contributed by atoms with Gasteiger partial charge in [0, 0.05) is 30.8 Å². The van der Waals surface area contributed by atoms with Gasteiger partial charge in [-0.1, -0.05) is 30.3 Å². The first kappa shape index (κ1) is 19.1. The Labute approximate surface area is 169 Å². The van der Waals surface area contributed by atoms with Crippen molar-refractivity contribution >= 4 is 17.5 Å². The molecular weight excluding hydrogens is 367 g/mol. The van der Waals surface area contributed by atoms with E-state index in [4.69, 9.17) is 0 Å². The third kappa shape index (κ3) is 4.26. The molecule has 1 aliphatic rings. The average Bonchev–Trinajstić information content (AvgIpc) is 2.76. The maximum Gasteiger partial charge on any atom is 0.254 e. The van der Waals surface area contributed by atoms with E-state index in [-0.39, 0.29) is 17.6 Å². The summed E-state index contributed by atoms with van der Waals surface area (Å²) in [5.41, 5.74) is 2.93. The van der Waals surface area contributed by atoms with Gasteiger partial charge in [0.15, 0.2) is 0 Å². The molecule has 1 unspecified atom stereocenters.